The van der Waals surface area contributed by atoms with Crippen LogP contribution < -0.4 is 4.90 Å². The highest BCUT2D eigenvalue weighted by atomic mass is 19.1. The Labute approximate surface area is 142 Å². The third kappa shape index (κ3) is 4.30. The topological polar surface area (TPSA) is 24.8 Å². The average molecular weight is 325 g/mol. The fourth-order valence-corrected chi connectivity index (χ4v) is 2.98. The van der Waals surface area contributed by atoms with Crippen molar-refractivity contribution in [2.75, 3.05) is 26.2 Å². The van der Waals surface area contributed by atoms with Crippen molar-refractivity contribution in [2.24, 2.45) is 0 Å². The predicted octanol–water partition coefficient (Wildman–Crippen LogP) is 1.77. The second-order valence-corrected chi connectivity index (χ2v) is 6.09. The first-order valence-corrected chi connectivity index (χ1v) is 8.31. The number of quaternary nitrogens is 1. The molecule has 24 heavy (non-hydrogen) atoms. The van der Waals surface area contributed by atoms with E-state index in [0.29, 0.717) is 5.56 Å². The number of hydrogen-bond donors (Lipinski definition) is 1. The summed E-state index contributed by atoms with van der Waals surface area (Å²) >= 11 is 0. The first-order chi connectivity index (χ1) is 11.7. The monoisotopic (exact) mass is 325 g/mol. The van der Waals surface area contributed by atoms with Crippen LogP contribution in [0.15, 0.2) is 60.7 Å². The second kappa shape index (κ2) is 7.88. The van der Waals surface area contributed by atoms with Crippen molar-refractivity contribution in [2.45, 2.75) is 6.54 Å². The van der Waals surface area contributed by atoms with Gasteiger partial charge in [-0.25, -0.2) is 4.39 Å². The Hall–Kier alpha value is -2.46. The number of nitrogens with one attached hydrogen (secondary N) is 1. The minimum Gasteiger partial charge on any atom is -0.328 e. The molecule has 0 unspecified atom stereocenters. The Morgan fingerprint density at radius 2 is 1.71 bits per heavy atom. The molecular weight excluding hydrogens is 303 g/mol. The maximum atomic E-state index is 13.6. The largest absolute Gasteiger partial charge is 0.328 e. The van der Waals surface area contributed by atoms with E-state index >= 15 is 0 Å². The van der Waals surface area contributed by atoms with Gasteiger partial charge in [0.05, 0.1) is 26.2 Å². The van der Waals surface area contributed by atoms with Crippen LogP contribution >= 0.6 is 0 Å². The van der Waals surface area contributed by atoms with Gasteiger partial charge in [0, 0.05) is 17.2 Å². The molecule has 124 valence electrons. The zero-order valence-corrected chi connectivity index (χ0v) is 13.6. The number of benzene rings is 2. The summed E-state index contributed by atoms with van der Waals surface area (Å²) in [6.07, 6.45) is 3.03. The van der Waals surface area contributed by atoms with Crippen LogP contribution in [0.3, 0.4) is 0 Å². The van der Waals surface area contributed by atoms with Crippen LogP contribution in [0.5, 0.6) is 0 Å². The molecule has 0 radical (unpaired) electrons. The fourth-order valence-electron chi connectivity index (χ4n) is 2.98. The number of nitrogens with zero attached hydrogens (tertiary/aromatic N) is 1. The maximum absolute atomic E-state index is 13.6. The molecule has 0 aliphatic carbocycles. The zero-order valence-electron chi connectivity index (χ0n) is 13.6. The number of rotatable bonds is 4. The Morgan fingerprint density at radius 3 is 2.42 bits per heavy atom. The smallest absolute Gasteiger partial charge is 0.246 e. The Morgan fingerprint density at radius 1 is 1.04 bits per heavy atom. The molecule has 1 heterocycles. The highest BCUT2D eigenvalue weighted by molar-refractivity contribution is 5.91. The maximum Gasteiger partial charge on any atom is 0.246 e. The van der Waals surface area contributed by atoms with Crippen LogP contribution in [0.25, 0.3) is 6.08 Å². The zero-order chi connectivity index (χ0) is 16.8. The molecule has 1 aliphatic heterocycles. The third-order valence-electron chi connectivity index (χ3n) is 4.39. The first-order valence-electron chi connectivity index (χ1n) is 8.31. The fraction of sp³-hybridized carbons (Fsp3) is 0.250. The number of hydrogen-bond acceptors (Lipinski definition) is 1. The number of carbonyl (C=O) groups excluding carboxylic acids is 1. The molecule has 3 rings (SSSR count). The quantitative estimate of drug-likeness (QED) is 0.852. The molecule has 0 atom stereocenters. The van der Waals surface area contributed by atoms with Crippen molar-refractivity contribution >= 4 is 12.0 Å². The van der Waals surface area contributed by atoms with Gasteiger partial charge < -0.3 is 9.80 Å². The van der Waals surface area contributed by atoms with Crippen molar-refractivity contribution in [3.63, 3.8) is 0 Å². The summed E-state index contributed by atoms with van der Waals surface area (Å²) in [5, 5.41) is 0. The first kappa shape index (κ1) is 16.4. The highest BCUT2D eigenvalue weighted by Crippen LogP contribution is 2.08. The van der Waals surface area contributed by atoms with E-state index in [9.17, 15) is 9.18 Å². The van der Waals surface area contributed by atoms with Gasteiger partial charge in [0.25, 0.3) is 0 Å². The van der Waals surface area contributed by atoms with Gasteiger partial charge in [-0.2, -0.15) is 0 Å². The molecule has 0 aromatic heterocycles. The van der Waals surface area contributed by atoms with Crippen LogP contribution in [-0.4, -0.2) is 37.0 Å². The lowest BCUT2D eigenvalue weighted by Crippen LogP contribution is -3.13. The summed E-state index contributed by atoms with van der Waals surface area (Å²) in [5.74, 6) is -0.351. The van der Waals surface area contributed by atoms with Gasteiger partial charge in [-0.05, 0) is 12.1 Å². The lowest BCUT2D eigenvalue weighted by Gasteiger charge is -2.31. The normalized spacial score (nSPS) is 15.8. The van der Waals surface area contributed by atoms with Crippen LogP contribution in [0.4, 0.5) is 4.39 Å². The van der Waals surface area contributed by atoms with Crippen LogP contribution in [0.2, 0.25) is 0 Å². The molecular formula is C20H22FN2O+. The van der Waals surface area contributed by atoms with Crippen molar-refractivity contribution in [1.29, 1.82) is 0 Å². The highest BCUT2D eigenvalue weighted by Gasteiger charge is 2.22. The van der Waals surface area contributed by atoms with Crippen LogP contribution in [-0.2, 0) is 11.3 Å². The standard InChI is InChI=1S/C20H21FN2O/c21-19-9-5-4-8-18(19)10-11-20(24)23-14-12-22(13-15-23)16-17-6-2-1-3-7-17/h1-11H,12-16H2/p+1/b11-10+. The van der Waals surface area contributed by atoms with Crippen LogP contribution in [0, 0.1) is 5.82 Å². The molecule has 1 aliphatic rings. The van der Waals surface area contributed by atoms with Crippen molar-refractivity contribution in [1.82, 2.24) is 4.90 Å². The van der Waals surface area contributed by atoms with Gasteiger partial charge in [0.1, 0.15) is 12.4 Å². The Balaban J connectivity index is 1.51. The molecule has 0 spiro atoms. The number of piperazine rings is 1. The van der Waals surface area contributed by atoms with E-state index in [1.54, 1.807) is 24.3 Å². The molecule has 1 saturated heterocycles. The minimum atomic E-state index is -0.307. The van der Waals surface area contributed by atoms with Crippen LogP contribution in [0.1, 0.15) is 11.1 Å². The van der Waals surface area contributed by atoms with E-state index in [1.807, 2.05) is 11.0 Å². The van der Waals surface area contributed by atoms with E-state index in [-0.39, 0.29) is 11.7 Å². The summed E-state index contributed by atoms with van der Waals surface area (Å²) in [7, 11) is 0. The molecule has 2 aromatic carbocycles. The lowest BCUT2D eigenvalue weighted by atomic mass is 10.2. The van der Waals surface area contributed by atoms with E-state index in [0.717, 1.165) is 32.7 Å². The van der Waals surface area contributed by atoms with E-state index < -0.39 is 0 Å². The van der Waals surface area contributed by atoms with Crippen molar-refractivity contribution in [3.8, 4) is 0 Å². The molecule has 3 nitrogen and oxygen atoms in total. The molecule has 1 fully saturated rings. The molecule has 1 N–H and O–H groups in total. The molecule has 0 bridgehead atoms. The van der Waals surface area contributed by atoms with Gasteiger partial charge >= 0.3 is 0 Å². The summed E-state index contributed by atoms with van der Waals surface area (Å²) in [6, 6.07) is 16.9. The molecule has 2 aromatic rings. The van der Waals surface area contributed by atoms with E-state index in [1.165, 1.54) is 22.6 Å². The van der Waals surface area contributed by atoms with E-state index in [2.05, 4.69) is 24.3 Å². The number of halogens is 1. The Bertz CT molecular complexity index is 707. The Kier molecular flexibility index (Phi) is 5.39. The number of carbonyl (C=O) groups is 1. The van der Waals surface area contributed by atoms with Gasteiger partial charge in [-0.3, -0.25) is 4.79 Å². The van der Waals surface area contributed by atoms with Gasteiger partial charge in [-0.15, -0.1) is 0 Å². The summed E-state index contributed by atoms with van der Waals surface area (Å²) in [4.78, 5) is 15.6. The number of amides is 1. The van der Waals surface area contributed by atoms with Crippen molar-refractivity contribution < 1.29 is 14.1 Å². The third-order valence-corrected chi connectivity index (χ3v) is 4.39. The van der Waals surface area contributed by atoms with Gasteiger partial charge in [-0.1, -0.05) is 48.5 Å². The summed E-state index contributed by atoms with van der Waals surface area (Å²) in [5.41, 5.74) is 1.77. The molecule has 4 heteroatoms. The van der Waals surface area contributed by atoms with Gasteiger partial charge in [0.2, 0.25) is 5.91 Å². The molecule has 1 amide bonds. The minimum absolute atomic E-state index is 0.0444. The molecule has 0 saturated carbocycles. The average Bonchev–Trinajstić information content (AvgIpc) is 2.62. The SMILES string of the molecule is O=C(/C=C/c1ccccc1F)N1CC[NH+](Cc2ccccc2)CC1. The predicted molar refractivity (Wildman–Crippen MR) is 92.9 cm³/mol. The van der Waals surface area contributed by atoms with E-state index in [4.69, 9.17) is 0 Å². The lowest BCUT2D eigenvalue weighted by molar-refractivity contribution is -0.917. The summed E-state index contributed by atoms with van der Waals surface area (Å²) in [6.45, 7) is 4.35. The van der Waals surface area contributed by atoms with Crippen molar-refractivity contribution in [3.05, 3.63) is 77.6 Å². The second-order valence-electron chi connectivity index (χ2n) is 6.09. The van der Waals surface area contributed by atoms with Gasteiger partial charge in [0.15, 0.2) is 0 Å². The summed E-state index contributed by atoms with van der Waals surface area (Å²) < 4.78 is 13.6.